The van der Waals surface area contributed by atoms with Gasteiger partial charge >= 0.3 is 0 Å². The molecule has 0 bridgehead atoms. The highest BCUT2D eigenvalue weighted by molar-refractivity contribution is 5.97. The number of fused-ring (bicyclic) bond motifs is 1. The molecule has 2 fully saturated rings. The number of likely N-dealkylation sites (N-methyl/N-ethyl adjacent to an activating group) is 1. The van der Waals surface area contributed by atoms with Crippen LogP contribution >= 0.6 is 0 Å². The van der Waals surface area contributed by atoms with E-state index in [4.69, 9.17) is 4.74 Å². The van der Waals surface area contributed by atoms with E-state index in [1.165, 1.54) is 33.5 Å². The quantitative estimate of drug-likeness (QED) is 0.396. The number of rotatable bonds is 5. The molecule has 6 rings (SSSR count). The molecule has 0 aliphatic carbocycles. The summed E-state index contributed by atoms with van der Waals surface area (Å²) in [6, 6.07) is 24.3. The lowest BCUT2D eigenvalue weighted by molar-refractivity contribution is 0.122. The van der Waals surface area contributed by atoms with E-state index in [2.05, 4.69) is 106 Å². The Morgan fingerprint density at radius 2 is 1.58 bits per heavy atom. The predicted molar refractivity (Wildman–Crippen MR) is 151 cm³/mol. The van der Waals surface area contributed by atoms with Gasteiger partial charge in [0, 0.05) is 67.3 Å². The summed E-state index contributed by atoms with van der Waals surface area (Å²) < 4.78 is 5.53. The molecule has 3 heterocycles. The van der Waals surface area contributed by atoms with Crippen LogP contribution in [0.2, 0.25) is 0 Å². The van der Waals surface area contributed by atoms with Gasteiger partial charge in [0.1, 0.15) is 5.82 Å². The number of nitrogens with one attached hydrogen (secondary N) is 2. The SMILES string of the molecule is Cc1cc(-c2cccc3cc(Nc4ccc(N5CCN(C)CC5)cc4)[nH]c23)ccc1N1CCOCC1. The zero-order chi connectivity index (χ0) is 24.5. The molecule has 186 valence electrons. The van der Waals surface area contributed by atoms with Gasteiger partial charge in [0.25, 0.3) is 0 Å². The van der Waals surface area contributed by atoms with Crippen LogP contribution in [0.5, 0.6) is 0 Å². The third kappa shape index (κ3) is 4.66. The number of morpholine rings is 1. The second-order valence-corrected chi connectivity index (χ2v) is 10.0. The smallest absolute Gasteiger partial charge is 0.108 e. The summed E-state index contributed by atoms with van der Waals surface area (Å²) in [6.45, 7) is 10.1. The Hall–Kier alpha value is -3.48. The van der Waals surface area contributed by atoms with Crippen molar-refractivity contribution in [2.24, 2.45) is 0 Å². The van der Waals surface area contributed by atoms with Crippen LogP contribution in [0.4, 0.5) is 22.9 Å². The zero-order valence-electron chi connectivity index (χ0n) is 21.3. The lowest BCUT2D eigenvalue weighted by Gasteiger charge is -2.34. The minimum atomic E-state index is 0.803. The second kappa shape index (κ2) is 9.88. The number of para-hydroxylation sites is 1. The third-order valence-electron chi connectivity index (χ3n) is 7.53. The summed E-state index contributed by atoms with van der Waals surface area (Å²) in [5, 5.41) is 4.78. The van der Waals surface area contributed by atoms with E-state index >= 15 is 0 Å². The Bertz CT molecular complexity index is 1330. The first-order valence-electron chi connectivity index (χ1n) is 13.0. The molecule has 2 N–H and O–H groups in total. The number of hydrogen-bond donors (Lipinski definition) is 2. The number of aromatic amines is 1. The molecule has 6 heteroatoms. The molecule has 0 saturated carbocycles. The van der Waals surface area contributed by atoms with Gasteiger partial charge in [-0.1, -0.05) is 24.3 Å². The fraction of sp³-hybridized carbons (Fsp3) is 0.333. The average molecular weight is 482 g/mol. The lowest BCUT2D eigenvalue weighted by Crippen LogP contribution is -2.44. The Kier molecular flexibility index (Phi) is 6.30. The first-order chi connectivity index (χ1) is 17.6. The maximum atomic E-state index is 5.53. The largest absolute Gasteiger partial charge is 0.378 e. The van der Waals surface area contributed by atoms with Crippen LogP contribution in [0.25, 0.3) is 22.0 Å². The summed E-state index contributed by atoms with van der Waals surface area (Å²) in [5.41, 5.74) is 8.62. The van der Waals surface area contributed by atoms with Crippen molar-refractivity contribution >= 4 is 33.8 Å². The number of H-pyrrole nitrogens is 1. The van der Waals surface area contributed by atoms with Crippen molar-refractivity contribution in [2.75, 3.05) is 74.6 Å². The van der Waals surface area contributed by atoms with Gasteiger partial charge in [0.05, 0.1) is 18.7 Å². The maximum absolute atomic E-state index is 5.53. The number of nitrogens with zero attached hydrogens (tertiary/aromatic N) is 3. The number of hydrogen-bond acceptors (Lipinski definition) is 5. The van der Waals surface area contributed by atoms with Gasteiger partial charge in [-0.3, -0.25) is 0 Å². The molecular weight excluding hydrogens is 446 g/mol. The van der Waals surface area contributed by atoms with Crippen molar-refractivity contribution in [2.45, 2.75) is 6.92 Å². The molecule has 1 aromatic heterocycles. The molecule has 2 aliphatic heterocycles. The standard InChI is InChI=1S/C30H35N5O/c1-22-20-23(6-11-28(22)35-16-18-36-19-17-35)27-5-3-4-24-21-29(32-30(24)27)31-25-7-9-26(10-8-25)34-14-12-33(2)13-15-34/h3-11,20-21,31-32H,12-19H2,1-2H3. The fourth-order valence-corrected chi connectivity index (χ4v) is 5.42. The van der Waals surface area contributed by atoms with Gasteiger partial charge in [-0.2, -0.15) is 0 Å². The van der Waals surface area contributed by atoms with Crippen molar-refractivity contribution in [1.82, 2.24) is 9.88 Å². The molecule has 3 aromatic carbocycles. The Labute approximate surface area is 213 Å². The predicted octanol–water partition coefficient (Wildman–Crippen LogP) is 5.48. The number of piperazine rings is 1. The number of ether oxygens (including phenoxy) is 1. The van der Waals surface area contributed by atoms with Crippen LogP contribution in [-0.4, -0.2) is 69.4 Å². The molecule has 36 heavy (non-hydrogen) atoms. The Morgan fingerprint density at radius 1 is 0.806 bits per heavy atom. The normalized spacial score (nSPS) is 17.1. The molecule has 2 saturated heterocycles. The van der Waals surface area contributed by atoms with E-state index in [9.17, 15) is 0 Å². The highest BCUT2D eigenvalue weighted by Crippen LogP contribution is 2.34. The van der Waals surface area contributed by atoms with Crippen molar-refractivity contribution in [3.8, 4) is 11.1 Å². The van der Waals surface area contributed by atoms with Gasteiger partial charge in [0.2, 0.25) is 0 Å². The van der Waals surface area contributed by atoms with E-state index < -0.39 is 0 Å². The van der Waals surface area contributed by atoms with E-state index in [0.717, 1.165) is 69.5 Å². The Balaban J connectivity index is 1.22. The molecule has 6 nitrogen and oxygen atoms in total. The molecule has 0 radical (unpaired) electrons. The zero-order valence-corrected chi connectivity index (χ0v) is 21.3. The topological polar surface area (TPSA) is 46.8 Å². The van der Waals surface area contributed by atoms with Crippen molar-refractivity contribution < 1.29 is 4.74 Å². The number of anilines is 4. The van der Waals surface area contributed by atoms with Gasteiger partial charge in [-0.05, 0) is 67.6 Å². The van der Waals surface area contributed by atoms with Gasteiger partial charge in [0.15, 0.2) is 0 Å². The Morgan fingerprint density at radius 3 is 2.33 bits per heavy atom. The van der Waals surface area contributed by atoms with E-state index in [1.54, 1.807) is 0 Å². The van der Waals surface area contributed by atoms with Crippen molar-refractivity contribution in [3.63, 3.8) is 0 Å². The molecule has 0 spiro atoms. The van der Waals surface area contributed by atoms with Crippen molar-refractivity contribution in [3.05, 3.63) is 72.3 Å². The third-order valence-corrected chi connectivity index (χ3v) is 7.53. The molecule has 4 aromatic rings. The van der Waals surface area contributed by atoms with Gasteiger partial charge in [-0.25, -0.2) is 0 Å². The van der Waals surface area contributed by atoms with Crippen LogP contribution in [-0.2, 0) is 4.74 Å². The number of aryl methyl sites for hydroxylation is 1. The summed E-state index contributed by atoms with van der Waals surface area (Å²) in [7, 11) is 2.19. The van der Waals surface area contributed by atoms with Gasteiger partial charge < -0.3 is 29.7 Å². The monoisotopic (exact) mass is 481 g/mol. The van der Waals surface area contributed by atoms with Crippen LogP contribution in [0, 0.1) is 6.92 Å². The first kappa shape index (κ1) is 23.0. The first-order valence-corrected chi connectivity index (χ1v) is 13.0. The van der Waals surface area contributed by atoms with E-state index in [-0.39, 0.29) is 0 Å². The summed E-state index contributed by atoms with van der Waals surface area (Å²) in [6.07, 6.45) is 0. The van der Waals surface area contributed by atoms with Gasteiger partial charge in [-0.15, -0.1) is 0 Å². The van der Waals surface area contributed by atoms with Crippen LogP contribution in [0.3, 0.4) is 0 Å². The highest BCUT2D eigenvalue weighted by Gasteiger charge is 2.16. The fourth-order valence-electron chi connectivity index (χ4n) is 5.42. The van der Waals surface area contributed by atoms with Crippen molar-refractivity contribution in [1.29, 1.82) is 0 Å². The minimum absolute atomic E-state index is 0.803. The maximum Gasteiger partial charge on any atom is 0.108 e. The second-order valence-electron chi connectivity index (χ2n) is 10.0. The minimum Gasteiger partial charge on any atom is -0.378 e. The molecule has 2 aliphatic rings. The number of aromatic nitrogens is 1. The summed E-state index contributed by atoms with van der Waals surface area (Å²) in [4.78, 5) is 10.9. The molecule has 0 amide bonds. The molecular formula is C30H35N5O. The number of benzene rings is 3. The summed E-state index contributed by atoms with van der Waals surface area (Å²) >= 11 is 0. The summed E-state index contributed by atoms with van der Waals surface area (Å²) in [5.74, 6) is 1.01. The van der Waals surface area contributed by atoms with Crippen LogP contribution in [0.15, 0.2) is 66.7 Å². The molecule has 0 unspecified atom stereocenters. The molecule has 0 atom stereocenters. The average Bonchev–Trinajstić information content (AvgIpc) is 3.33. The lowest BCUT2D eigenvalue weighted by atomic mass is 10.00. The van der Waals surface area contributed by atoms with Crippen LogP contribution < -0.4 is 15.1 Å². The highest BCUT2D eigenvalue weighted by atomic mass is 16.5. The van der Waals surface area contributed by atoms with E-state index in [0.29, 0.717) is 0 Å². The van der Waals surface area contributed by atoms with Crippen LogP contribution in [0.1, 0.15) is 5.56 Å². The van der Waals surface area contributed by atoms with E-state index in [1.807, 2.05) is 0 Å².